The summed E-state index contributed by atoms with van der Waals surface area (Å²) in [6, 6.07) is 7.23. The Balaban J connectivity index is 1.90. The molecule has 0 saturated heterocycles. The van der Waals surface area contributed by atoms with Crippen molar-refractivity contribution >= 4 is 27.5 Å². The number of hydrazone groups is 1. The average Bonchev–Trinajstić information content (AvgIpc) is 2.83. The lowest BCUT2D eigenvalue weighted by Crippen LogP contribution is -2.52. The fraction of sp³-hybridized carbons (Fsp3) is 0.529. The number of carbonyl (C=O) groups is 1. The number of hydrogen-bond donors (Lipinski definition) is 1. The highest BCUT2D eigenvalue weighted by molar-refractivity contribution is 9.10. The zero-order valence-corrected chi connectivity index (χ0v) is 14.3. The van der Waals surface area contributed by atoms with Crippen LogP contribution in [0.4, 0.5) is 0 Å². The van der Waals surface area contributed by atoms with Crippen molar-refractivity contribution in [1.29, 1.82) is 0 Å². The van der Waals surface area contributed by atoms with Gasteiger partial charge in [-0.3, -0.25) is 4.79 Å². The van der Waals surface area contributed by atoms with Crippen molar-refractivity contribution in [3.05, 3.63) is 34.3 Å². The molecule has 1 heterocycles. The smallest absolute Gasteiger partial charge is 0.276 e. The van der Waals surface area contributed by atoms with Gasteiger partial charge in [-0.05, 0) is 38.0 Å². The molecule has 2 aliphatic rings. The van der Waals surface area contributed by atoms with E-state index in [0.29, 0.717) is 12.0 Å². The molecule has 1 aromatic carbocycles. The van der Waals surface area contributed by atoms with E-state index in [0.717, 1.165) is 35.9 Å². The number of amides is 1. The molecule has 22 heavy (non-hydrogen) atoms. The third-order valence-corrected chi connectivity index (χ3v) is 5.17. The van der Waals surface area contributed by atoms with E-state index in [-0.39, 0.29) is 11.8 Å². The molecule has 1 aliphatic carbocycles. The first kappa shape index (κ1) is 15.7. The Morgan fingerprint density at radius 3 is 2.77 bits per heavy atom. The molecule has 1 fully saturated rings. The number of carbonyl (C=O) groups excluding carboxylic acids is 1. The first-order valence-corrected chi connectivity index (χ1v) is 8.66. The van der Waals surface area contributed by atoms with Gasteiger partial charge < -0.3 is 5.11 Å². The Labute approximate surface area is 139 Å². The van der Waals surface area contributed by atoms with Gasteiger partial charge >= 0.3 is 0 Å². The Kier molecular flexibility index (Phi) is 4.37. The molecular formula is C17H21BrN2O2. The molecule has 1 aliphatic heterocycles. The quantitative estimate of drug-likeness (QED) is 0.863. The van der Waals surface area contributed by atoms with Gasteiger partial charge in [-0.1, -0.05) is 41.3 Å². The van der Waals surface area contributed by atoms with Crippen LogP contribution in [0.1, 0.15) is 55.8 Å². The first-order valence-electron chi connectivity index (χ1n) is 7.87. The molecule has 1 amide bonds. The van der Waals surface area contributed by atoms with Crippen molar-refractivity contribution in [2.75, 3.05) is 0 Å². The third-order valence-electron chi connectivity index (χ3n) is 4.68. The van der Waals surface area contributed by atoms with Gasteiger partial charge in [0.15, 0.2) is 5.72 Å². The number of nitrogens with zero attached hydrogens (tertiary/aromatic N) is 2. The summed E-state index contributed by atoms with van der Waals surface area (Å²) >= 11 is 3.39. The Morgan fingerprint density at radius 1 is 1.36 bits per heavy atom. The standard InChI is InChI=1S/C17H21BrN2O2/c1-12-11-17(22,14-7-3-2-4-8-14)20(19-12)16(21)13-6-5-9-15(18)10-13/h5-6,9-10,14,22H,2-4,7-8,11H2,1H3/t17-/m1/s1. The van der Waals surface area contributed by atoms with Crippen molar-refractivity contribution in [3.63, 3.8) is 0 Å². The molecule has 0 radical (unpaired) electrons. The van der Waals surface area contributed by atoms with E-state index in [9.17, 15) is 9.90 Å². The minimum atomic E-state index is -1.16. The molecule has 0 spiro atoms. The maximum absolute atomic E-state index is 12.8. The van der Waals surface area contributed by atoms with Crippen LogP contribution < -0.4 is 0 Å². The lowest BCUT2D eigenvalue weighted by molar-refractivity contribution is -0.122. The highest BCUT2D eigenvalue weighted by atomic mass is 79.9. The molecule has 0 aromatic heterocycles. The van der Waals surface area contributed by atoms with Crippen molar-refractivity contribution in [1.82, 2.24) is 5.01 Å². The van der Waals surface area contributed by atoms with Gasteiger partial charge in [0.1, 0.15) is 0 Å². The molecule has 1 saturated carbocycles. The van der Waals surface area contributed by atoms with Crippen LogP contribution in [0.15, 0.2) is 33.8 Å². The second kappa shape index (κ2) is 6.13. The van der Waals surface area contributed by atoms with Crippen LogP contribution in [0.3, 0.4) is 0 Å². The molecule has 1 aromatic rings. The van der Waals surface area contributed by atoms with Gasteiger partial charge in [-0.2, -0.15) is 10.1 Å². The summed E-state index contributed by atoms with van der Waals surface area (Å²) in [5.74, 6) is -0.121. The van der Waals surface area contributed by atoms with Gasteiger partial charge in [0, 0.05) is 28.1 Å². The molecular weight excluding hydrogens is 344 g/mol. The lowest BCUT2D eigenvalue weighted by Gasteiger charge is -2.40. The summed E-state index contributed by atoms with van der Waals surface area (Å²) in [4.78, 5) is 12.8. The number of hydrogen-bond acceptors (Lipinski definition) is 3. The fourth-order valence-corrected chi connectivity index (χ4v) is 3.99. The van der Waals surface area contributed by atoms with E-state index >= 15 is 0 Å². The topological polar surface area (TPSA) is 52.9 Å². The van der Waals surface area contributed by atoms with Gasteiger partial charge in [0.25, 0.3) is 5.91 Å². The Hall–Kier alpha value is -1.20. The van der Waals surface area contributed by atoms with E-state index in [4.69, 9.17) is 0 Å². The summed E-state index contributed by atoms with van der Waals surface area (Å²) in [5, 5.41) is 16.9. The number of halogens is 1. The molecule has 1 N–H and O–H groups in total. The molecule has 3 rings (SSSR count). The highest BCUT2D eigenvalue weighted by Crippen LogP contribution is 2.41. The largest absolute Gasteiger partial charge is 0.368 e. The second-order valence-corrected chi connectivity index (χ2v) is 7.27. The summed E-state index contributed by atoms with van der Waals surface area (Å²) in [6.45, 7) is 1.88. The van der Waals surface area contributed by atoms with Crippen molar-refractivity contribution in [2.45, 2.75) is 51.2 Å². The van der Waals surface area contributed by atoms with Crippen LogP contribution in [-0.2, 0) is 0 Å². The van der Waals surface area contributed by atoms with E-state index in [1.54, 1.807) is 12.1 Å². The fourth-order valence-electron chi connectivity index (χ4n) is 3.59. The molecule has 0 unspecified atom stereocenters. The van der Waals surface area contributed by atoms with Crippen LogP contribution in [0.2, 0.25) is 0 Å². The minimum Gasteiger partial charge on any atom is -0.368 e. The van der Waals surface area contributed by atoms with Crippen LogP contribution in [0, 0.1) is 5.92 Å². The molecule has 5 heteroatoms. The van der Waals surface area contributed by atoms with Gasteiger partial charge in [0.2, 0.25) is 0 Å². The zero-order chi connectivity index (χ0) is 15.7. The second-order valence-electron chi connectivity index (χ2n) is 6.35. The maximum Gasteiger partial charge on any atom is 0.276 e. The molecule has 1 atom stereocenters. The highest BCUT2D eigenvalue weighted by Gasteiger charge is 2.49. The zero-order valence-electron chi connectivity index (χ0n) is 12.8. The van der Waals surface area contributed by atoms with E-state index in [1.165, 1.54) is 11.4 Å². The summed E-state index contributed by atoms with van der Waals surface area (Å²) in [7, 11) is 0. The lowest BCUT2D eigenvalue weighted by atomic mass is 9.79. The molecule has 0 bridgehead atoms. The van der Waals surface area contributed by atoms with Crippen LogP contribution in [0.5, 0.6) is 0 Å². The van der Waals surface area contributed by atoms with Crippen molar-refractivity contribution in [2.24, 2.45) is 11.0 Å². The van der Waals surface area contributed by atoms with Gasteiger partial charge in [0.05, 0.1) is 0 Å². The van der Waals surface area contributed by atoms with Crippen LogP contribution >= 0.6 is 15.9 Å². The number of rotatable bonds is 2. The van der Waals surface area contributed by atoms with Crippen molar-refractivity contribution in [3.8, 4) is 0 Å². The molecule has 4 nitrogen and oxygen atoms in total. The van der Waals surface area contributed by atoms with Gasteiger partial charge in [-0.15, -0.1) is 0 Å². The minimum absolute atomic E-state index is 0.110. The van der Waals surface area contributed by atoms with E-state index in [2.05, 4.69) is 21.0 Å². The summed E-state index contributed by atoms with van der Waals surface area (Å²) in [6.07, 6.45) is 5.82. The number of aliphatic hydroxyl groups is 1. The summed E-state index contributed by atoms with van der Waals surface area (Å²) < 4.78 is 0.847. The van der Waals surface area contributed by atoms with Gasteiger partial charge in [-0.25, -0.2) is 0 Å². The SMILES string of the molecule is CC1=NN(C(=O)c2cccc(Br)c2)[C@](O)(C2CCCCC2)C1. The predicted octanol–water partition coefficient (Wildman–Crippen LogP) is 3.94. The van der Waals surface area contributed by atoms with Crippen molar-refractivity contribution < 1.29 is 9.90 Å². The Morgan fingerprint density at radius 2 is 2.09 bits per heavy atom. The Bertz CT molecular complexity index is 610. The molecule has 118 valence electrons. The van der Waals surface area contributed by atoms with E-state index in [1.807, 2.05) is 19.1 Å². The van der Waals surface area contributed by atoms with Crippen LogP contribution in [-0.4, -0.2) is 27.5 Å². The monoisotopic (exact) mass is 364 g/mol. The third kappa shape index (κ3) is 2.84. The summed E-state index contributed by atoms with van der Waals surface area (Å²) in [5.41, 5.74) is 0.197. The first-order chi connectivity index (χ1) is 10.5. The van der Waals surface area contributed by atoms with Crippen LogP contribution in [0.25, 0.3) is 0 Å². The number of benzene rings is 1. The maximum atomic E-state index is 12.8. The average molecular weight is 365 g/mol. The normalized spacial score (nSPS) is 26.1. The predicted molar refractivity (Wildman–Crippen MR) is 89.6 cm³/mol. The van der Waals surface area contributed by atoms with E-state index < -0.39 is 5.72 Å².